The first-order valence-electron chi connectivity index (χ1n) is 8.14. The van der Waals surface area contributed by atoms with E-state index in [1.165, 1.54) is 24.0 Å². The first-order chi connectivity index (χ1) is 10.2. The quantitative estimate of drug-likeness (QED) is 0.785. The third-order valence-corrected chi connectivity index (χ3v) is 5.32. The molecule has 1 heterocycles. The second-order valence-corrected chi connectivity index (χ2v) is 7.36. The Balaban J connectivity index is 1.78. The fraction of sp³-hybridized carbons (Fsp3) is 0.611. The van der Waals surface area contributed by atoms with Gasteiger partial charge < -0.3 is 4.74 Å². The summed E-state index contributed by atoms with van der Waals surface area (Å²) in [6.45, 7) is 3.01. The number of hydrogen-bond donors (Lipinski definition) is 0. The van der Waals surface area contributed by atoms with Crippen LogP contribution in [0.4, 0.5) is 0 Å². The average Bonchev–Trinajstić information content (AvgIpc) is 2.91. The molecule has 1 saturated carbocycles. The van der Waals surface area contributed by atoms with Crippen molar-refractivity contribution in [2.45, 2.75) is 51.9 Å². The molecule has 2 aliphatic rings. The second kappa shape index (κ2) is 6.51. The van der Waals surface area contributed by atoms with Crippen LogP contribution in [0.2, 0.25) is 0 Å². The van der Waals surface area contributed by atoms with Crippen molar-refractivity contribution in [1.82, 2.24) is 0 Å². The number of carbonyl (C=O) groups excluding carboxylic acids is 1. The minimum atomic E-state index is 0.192. The lowest BCUT2D eigenvalue weighted by molar-refractivity contribution is -0.125. The monoisotopic (exact) mass is 350 g/mol. The summed E-state index contributed by atoms with van der Waals surface area (Å²) in [6, 6.07) is 4.29. The Kier molecular flexibility index (Phi) is 4.68. The molecule has 2 nitrogen and oxygen atoms in total. The van der Waals surface area contributed by atoms with E-state index >= 15 is 0 Å². The van der Waals surface area contributed by atoms with Crippen LogP contribution >= 0.6 is 15.9 Å². The van der Waals surface area contributed by atoms with E-state index in [2.05, 4.69) is 35.0 Å². The number of rotatable bonds is 4. The highest BCUT2D eigenvalue weighted by atomic mass is 79.9. The number of halogens is 1. The predicted molar refractivity (Wildman–Crippen MR) is 87.8 cm³/mol. The molecule has 1 aliphatic heterocycles. The first kappa shape index (κ1) is 15.1. The Morgan fingerprint density at radius 2 is 2.19 bits per heavy atom. The summed E-state index contributed by atoms with van der Waals surface area (Å²) in [5.74, 6) is 2.43. The molecule has 0 radical (unpaired) electrons. The van der Waals surface area contributed by atoms with Crippen LogP contribution in [0.3, 0.4) is 0 Å². The smallest absolute Gasteiger partial charge is 0.136 e. The highest BCUT2D eigenvalue weighted by Crippen LogP contribution is 2.37. The number of Topliss-reactive ketones (excluding diaryl/α,β-unsaturated/α-hetero) is 1. The fourth-order valence-corrected chi connectivity index (χ4v) is 4.39. The molecular weight excluding hydrogens is 328 g/mol. The van der Waals surface area contributed by atoms with Crippen molar-refractivity contribution in [1.29, 1.82) is 0 Å². The van der Waals surface area contributed by atoms with Gasteiger partial charge in [0.2, 0.25) is 0 Å². The van der Waals surface area contributed by atoms with Crippen molar-refractivity contribution >= 4 is 21.7 Å². The molecular formula is C18H23BrO2. The molecule has 1 aromatic rings. The molecule has 3 rings (SSSR count). The Hall–Kier alpha value is -0.830. The number of benzene rings is 1. The van der Waals surface area contributed by atoms with Crippen molar-refractivity contribution in [2.24, 2.45) is 11.8 Å². The molecule has 2 unspecified atom stereocenters. The van der Waals surface area contributed by atoms with Gasteiger partial charge in [-0.1, -0.05) is 35.7 Å². The molecule has 1 aromatic carbocycles. The molecule has 1 fully saturated rings. The van der Waals surface area contributed by atoms with Gasteiger partial charge in [0, 0.05) is 23.2 Å². The van der Waals surface area contributed by atoms with Crippen LogP contribution < -0.4 is 4.74 Å². The number of carbonyl (C=O) groups is 1. The standard InChI is InChI=1S/C18H23BrO2/c1-2-3-12-4-5-17(20)14(8-12)9-15-11-16(19)10-13-6-7-21-18(13)15/h10-12,14H,2-9H2,1H3. The Morgan fingerprint density at radius 3 is 3.00 bits per heavy atom. The van der Waals surface area contributed by atoms with E-state index in [1.54, 1.807) is 0 Å². The van der Waals surface area contributed by atoms with Crippen LogP contribution in [0.15, 0.2) is 16.6 Å². The van der Waals surface area contributed by atoms with E-state index in [1.807, 2.05) is 0 Å². The third kappa shape index (κ3) is 3.33. The number of ether oxygens (including phenoxy) is 1. The summed E-state index contributed by atoms with van der Waals surface area (Å²) in [4.78, 5) is 12.3. The van der Waals surface area contributed by atoms with Gasteiger partial charge in [-0.25, -0.2) is 0 Å². The van der Waals surface area contributed by atoms with Gasteiger partial charge in [-0.05, 0) is 48.4 Å². The summed E-state index contributed by atoms with van der Waals surface area (Å²) in [7, 11) is 0. The zero-order valence-corrected chi connectivity index (χ0v) is 14.2. The maximum Gasteiger partial charge on any atom is 0.136 e. The van der Waals surface area contributed by atoms with Gasteiger partial charge >= 0.3 is 0 Å². The van der Waals surface area contributed by atoms with E-state index < -0.39 is 0 Å². The lowest BCUT2D eigenvalue weighted by Gasteiger charge is -2.28. The molecule has 0 spiro atoms. The minimum absolute atomic E-state index is 0.192. The minimum Gasteiger partial charge on any atom is -0.493 e. The molecule has 21 heavy (non-hydrogen) atoms. The predicted octanol–water partition coefficient (Wildman–Crippen LogP) is 4.71. The summed E-state index contributed by atoms with van der Waals surface area (Å²) in [5, 5.41) is 0. The van der Waals surface area contributed by atoms with Crippen molar-refractivity contribution in [3.8, 4) is 5.75 Å². The zero-order chi connectivity index (χ0) is 14.8. The van der Waals surface area contributed by atoms with Crippen LogP contribution in [0.1, 0.15) is 50.2 Å². The first-order valence-corrected chi connectivity index (χ1v) is 8.93. The highest BCUT2D eigenvalue weighted by molar-refractivity contribution is 9.10. The van der Waals surface area contributed by atoms with E-state index in [0.717, 1.165) is 54.9 Å². The van der Waals surface area contributed by atoms with E-state index in [9.17, 15) is 4.79 Å². The van der Waals surface area contributed by atoms with Gasteiger partial charge in [-0.3, -0.25) is 4.79 Å². The molecule has 2 atom stereocenters. The van der Waals surface area contributed by atoms with Gasteiger partial charge in [0.15, 0.2) is 0 Å². The second-order valence-electron chi connectivity index (χ2n) is 6.45. The Labute approximate surface area is 135 Å². The van der Waals surface area contributed by atoms with Crippen molar-refractivity contribution in [3.05, 3.63) is 27.7 Å². The fourth-order valence-electron chi connectivity index (χ4n) is 3.83. The van der Waals surface area contributed by atoms with Gasteiger partial charge in [-0.15, -0.1) is 0 Å². The summed E-state index contributed by atoms with van der Waals surface area (Å²) in [5.41, 5.74) is 2.50. The van der Waals surface area contributed by atoms with Crippen LogP contribution in [0.25, 0.3) is 0 Å². The van der Waals surface area contributed by atoms with E-state index in [4.69, 9.17) is 4.74 Å². The number of fused-ring (bicyclic) bond motifs is 1. The normalized spacial score (nSPS) is 24.8. The highest BCUT2D eigenvalue weighted by Gasteiger charge is 2.30. The summed E-state index contributed by atoms with van der Waals surface area (Å²) in [6.07, 6.45) is 7.24. The molecule has 3 heteroatoms. The molecule has 0 bridgehead atoms. The lowest BCUT2D eigenvalue weighted by Crippen LogP contribution is -2.26. The van der Waals surface area contributed by atoms with E-state index in [0.29, 0.717) is 5.78 Å². The number of hydrogen-bond acceptors (Lipinski definition) is 2. The van der Waals surface area contributed by atoms with Gasteiger partial charge in [0.1, 0.15) is 11.5 Å². The van der Waals surface area contributed by atoms with Crippen molar-refractivity contribution in [2.75, 3.05) is 6.61 Å². The van der Waals surface area contributed by atoms with Crippen LogP contribution in [0, 0.1) is 11.8 Å². The van der Waals surface area contributed by atoms with Gasteiger partial charge in [0.25, 0.3) is 0 Å². The number of ketones is 1. The Morgan fingerprint density at radius 1 is 1.33 bits per heavy atom. The van der Waals surface area contributed by atoms with Gasteiger partial charge in [-0.2, -0.15) is 0 Å². The molecule has 0 saturated heterocycles. The topological polar surface area (TPSA) is 26.3 Å². The molecule has 114 valence electrons. The van der Waals surface area contributed by atoms with Crippen molar-refractivity contribution < 1.29 is 9.53 Å². The average molecular weight is 351 g/mol. The Bertz CT molecular complexity index is 538. The van der Waals surface area contributed by atoms with Gasteiger partial charge in [0.05, 0.1) is 6.61 Å². The maximum atomic E-state index is 12.3. The van der Waals surface area contributed by atoms with Crippen LogP contribution in [0.5, 0.6) is 5.75 Å². The van der Waals surface area contributed by atoms with Crippen LogP contribution in [-0.4, -0.2) is 12.4 Å². The molecule has 0 amide bonds. The largest absolute Gasteiger partial charge is 0.493 e. The van der Waals surface area contributed by atoms with E-state index in [-0.39, 0.29) is 5.92 Å². The summed E-state index contributed by atoms with van der Waals surface area (Å²) >= 11 is 3.59. The zero-order valence-electron chi connectivity index (χ0n) is 12.7. The third-order valence-electron chi connectivity index (χ3n) is 4.86. The van der Waals surface area contributed by atoms with Crippen LogP contribution in [-0.2, 0) is 17.6 Å². The lowest BCUT2D eigenvalue weighted by atomic mass is 9.76. The maximum absolute atomic E-state index is 12.3. The molecule has 1 aliphatic carbocycles. The molecule has 0 aromatic heterocycles. The van der Waals surface area contributed by atoms with Crippen molar-refractivity contribution in [3.63, 3.8) is 0 Å². The summed E-state index contributed by atoms with van der Waals surface area (Å²) < 4.78 is 6.91. The molecule has 0 N–H and O–H groups in total. The SMILES string of the molecule is CCCC1CCC(=O)C(Cc2cc(Br)cc3c2OCC3)C1.